The number of hydrogen-bond acceptors (Lipinski definition) is 4. The van der Waals surface area contributed by atoms with Gasteiger partial charge < -0.3 is 16.8 Å². The molecule has 1 aliphatic rings. The van der Waals surface area contributed by atoms with E-state index in [-0.39, 0.29) is 24.3 Å². The average Bonchev–Trinajstić information content (AvgIpc) is 2.77. The molecule has 2 amide bonds. The first kappa shape index (κ1) is 13.4. The Labute approximate surface area is 111 Å². The van der Waals surface area contributed by atoms with Gasteiger partial charge in [0.15, 0.2) is 0 Å². The van der Waals surface area contributed by atoms with Crippen LogP contribution in [0.15, 0.2) is 24.3 Å². The van der Waals surface area contributed by atoms with Crippen molar-refractivity contribution in [3.63, 3.8) is 0 Å². The molecule has 1 fully saturated rings. The average molecular weight is 262 g/mol. The number of nitrogen functional groups attached to an aromatic ring is 1. The number of rotatable bonds is 4. The highest BCUT2D eigenvalue weighted by Crippen LogP contribution is 2.16. The van der Waals surface area contributed by atoms with Gasteiger partial charge in [0.05, 0.1) is 12.5 Å². The van der Waals surface area contributed by atoms with E-state index in [4.69, 9.17) is 11.5 Å². The summed E-state index contributed by atoms with van der Waals surface area (Å²) in [5.41, 5.74) is 12.2. The van der Waals surface area contributed by atoms with Gasteiger partial charge in [-0.05, 0) is 31.2 Å². The molecular weight excluding hydrogens is 244 g/mol. The number of hydrogen-bond donors (Lipinski definition) is 3. The summed E-state index contributed by atoms with van der Waals surface area (Å²) in [5, 5.41) is 2.78. The molecule has 0 bridgehead atoms. The van der Waals surface area contributed by atoms with Crippen molar-refractivity contribution >= 4 is 23.2 Å². The molecule has 1 aliphatic heterocycles. The molecule has 1 aromatic carbocycles. The Morgan fingerprint density at radius 2 is 2.21 bits per heavy atom. The smallest absolute Gasteiger partial charge is 0.238 e. The normalized spacial score (nSPS) is 19.3. The van der Waals surface area contributed by atoms with E-state index in [0.29, 0.717) is 17.9 Å². The standard InChI is InChI=1S/C13H18N4O2/c14-10-2-1-3-11(6-10)16-12(18)8-17-5-4-9(7-17)13(15)19/h1-3,6,9H,4-5,7-8,14H2,(H2,15,19)(H,16,18). The Kier molecular flexibility index (Phi) is 4.01. The first-order chi connectivity index (χ1) is 9.04. The third-order valence-electron chi connectivity index (χ3n) is 3.21. The zero-order valence-corrected chi connectivity index (χ0v) is 10.6. The van der Waals surface area contributed by atoms with Crippen LogP contribution in [-0.2, 0) is 9.59 Å². The monoisotopic (exact) mass is 262 g/mol. The molecule has 6 nitrogen and oxygen atoms in total. The highest BCUT2D eigenvalue weighted by Gasteiger charge is 2.27. The van der Waals surface area contributed by atoms with E-state index in [1.54, 1.807) is 24.3 Å². The number of primary amides is 1. The van der Waals surface area contributed by atoms with Crippen LogP contribution in [0.25, 0.3) is 0 Å². The number of nitrogens with two attached hydrogens (primary N) is 2. The second kappa shape index (κ2) is 5.71. The van der Waals surface area contributed by atoms with Gasteiger partial charge in [-0.2, -0.15) is 0 Å². The van der Waals surface area contributed by atoms with E-state index in [9.17, 15) is 9.59 Å². The number of amides is 2. The second-order valence-electron chi connectivity index (χ2n) is 4.80. The van der Waals surface area contributed by atoms with Gasteiger partial charge in [0.25, 0.3) is 0 Å². The minimum absolute atomic E-state index is 0.115. The molecule has 0 spiro atoms. The molecule has 0 radical (unpaired) electrons. The fourth-order valence-electron chi connectivity index (χ4n) is 2.23. The van der Waals surface area contributed by atoms with Gasteiger partial charge in [-0.1, -0.05) is 6.07 Å². The van der Waals surface area contributed by atoms with Crippen LogP contribution in [0.2, 0.25) is 0 Å². The van der Waals surface area contributed by atoms with Crippen LogP contribution in [0, 0.1) is 5.92 Å². The first-order valence-electron chi connectivity index (χ1n) is 6.21. The summed E-state index contributed by atoms with van der Waals surface area (Å²) >= 11 is 0. The maximum atomic E-state index is 11.8. The summed E-state index contributed by atoms with van der Waals surface area (Å²) in [7, 11) is 0. The molecule has 1 saturated heterocycles. The Balaban J connectivity index is 1.84. The Hall–Kier alpha value is -2.08. The molecule has 0 saturated carbocycles. The van der Waals surface area contributed by atoms with Crippen molar-refractivity contribution in [2.24, 2.45) is 11.7 Å². The molecule has 1 unspecified atom stereocenters. The molecule has 102 valence electrons. The SMILES string of the molecule is NC(=O)C1CCN(CC(=O)Nc2cccc(N)c2)C1. The van der Waals surface area contributed by atoms with E-state index >= 15 is 0 Å². The lowest BCUT2D eigenvalue weighted by atomic mass is 10.1. The molecular formula is C13H18N4O2. The van der Waals surface area contributed by atoms with Gasteiger partial charge in [-0.15, -0.1) is 0 Å². The molecule has 1 atom stereocenters. The fourth-order valence-corrected chi connectivity index (χ4v) is 2.23. The van der Waals surface area contributed by atoms with Crippen LogP contribution in [-0.4, -0.2) is 36.3 Å². The van der Waals surface area contributed by atoms with Crippen molar-refractivity contribution in [1.29, 1.82) is 0 Å². The van der Waals surface area contributed by atoms with E-state index in [1.807, 2.05) is 4.90 Å². The van der Waals surface area contributed by atoms with Crippen LogP contribution in [0.5, 0.6) is 0 Å². The highest BCUT2D eigenvalue weighted by molar-refractivity contribution is 5.92. The van der Waals surface area contributed by atoms with E-state index in [1.165, 1.54) is 0 Å². The van der Waals surface area contributed by atoms with Gasteiger partial charge in [-0.25, -0.2) is 0 Å². The zero-order valence-electron chi connectivity index (χ0n) is 10.6. The number of carbonyl (C=O) groups is 2. The predicted molar refractivity (Wildman–Crippen MR) is 73.2 cm³/mol. The highest BCUT2D eigenvalue weighted by atomic mass is 16.2. The fraction of sp³-hybridized carbons (Fsp3) is 0.385. The minimum Gasteiger partial charge on any atom is -0.399 e. The number of benzene rings is 1. The van der Waals surface area contributed by atoms with Crippen LogP contribution in [0.3, 0.4) is 0 Å². The van der Waals surface area contributed by atoms with E-state index < -0.39 is 0 Å². The summed E-state index contributed by atoms with van der Waals surface area (Å²) < 4.78 is 0. The zero-order chi connectivity index (χ0) is 13.8. The lowest BCUT2D eigenvalue weighted by Crippen LogP contribution is -2.33. The van der Waals surface area contributed by atoms with Gasteiger partial charge >= 0.3 is 0 Å². The summed E-state index contributed by atoms with van der Waals surface area (Å²) in [6.45, 7) is 1.54. The van der Waals surface area contributed by atoms with Crippen LogP contribution >= 0.6 is 0 Å². The summed E-state index contributed by atoms with van der Waals surface area (Å²) in [6.07, 6.45) is 0.723. The molecule has 0 aliphatic carbocycles. The minimum atomic E-state index is -0.293. The van der Waals surface area contributed by atoms with Crippen LogP contribution in [0.4, 0.5) is 11.4 Å². The summed E-state index contributed by atoms with van der Waals surface area (Å²) in [6, 6.07) is 7.02. The largest absolute Gasteiger partial charge is 0.399 e. The number of carbonyl (C=O) groups excluding carboxylic acids is 2. The van der Waals surface area contributed by atoms with Crippen molar-refractivity contribution in [1.82, 2.24) is 4.90 Å². The molecule has 5 N–H and O–H groups in total. The molecule has 6 heteroatoms. The number of nitrogens with one attached hydrogen (secondary N) is 1. The van der Waals surface area contributed by atoms with Crippen molar-refractivity contribution in [2.75, 3.05) is 30.7 Å². The molecule has 1 heterocycles. The maximum Gasteiger partial charge on any atom is 0.238 e. The number of anilines is 2. The molecule has 19 heavy (non-hydrogen) atoms. The number of likely N-dealkylation sites (tertiary alicyclic amines) is 1. The van der Waals surface area contributed by atoms with Crippen LogP contribution in [0.1, 0.15) is 6.42 Å². The van der Waals surface area contributed by atoms with Gasteiger partial charge in [-0.3, -0.25) is 14.5 Å². The topological polar surface area (TPSA) is 101 Å². The third-order valence-corrected chi connectivity index (χ3v) is 3.21. The third kappa shape index (κ3) is 3.69. The Morgan fingerprint density at radius 1 is 1.42 bits per heavy atom. The second-order valence-corrected chi connectivity index (χ2v) is 4.80. The summed E-state index contributed by atoms with van der Waals surface area (Å²) in [4.78, 5) is 24.8. The van der Waals surface area contributed by atoms with Gasteiger partial charge in [0.2, 0.25) is 11.8 Å². The Bertz CT molecular complexity index is 489. The van der Waals surface area contributed by atoms with E-state index in [0.717, 1.165) is 13.0 Å². The van der Waals surface area contributed by atoms with Crippen molar-refractivity contribution in [3.05, 3.63) is 24.3 Å². The van der Waals surface area contributed by atoms with Crippen molar-refractivity contribution < 1.29 is 9.59 Å². The van der Waals surface area contributed by atoms with Gasteiger partial charge in [0, 0.05) is 17.9 Å². The molecule has 0 aromatic heterocycles. The molecule has 1 aromatic rings. The predicted octanol–water partition coefficient (Wildman–Crippen LogP) is 0.0145. The Morgan fingerprint density at radius 3 is 2.84 bits per heavy atom. The number of nitrogens with zero attached hydrogens (tertiary/aromatic N) is 1. The van der Waals surface area contributed by atoms with Gasteiger partial charge in [0.1, 0.15) is 0 Å². The van der Waals surface area contributed by atoms with Crippen molar-refractivity contribution in [3.8, 4) is 0 Å². The quantitative estimate of drug-likeness (QED) is 0.665. The maximum absolute atomic E-state index is 11.8. The first-order valence-corrected chi connectivity index (χ1v) is 6.21. The van der Waals surface area contributed by atoms with Crippen LogP contribution < -0.4 is 16.8 Å². The van der Waals surface area contributed by atoms with E-state index in [2.05, 4.69) is 5.32 Å². The lowest BCUT2D eigenvalue weighted by molar-refractivity contribution is -0.122. The lowest BCUT2D eigenvalue weighted by Gasteiger charge is -2.15. The molecule has 2 rings (SSSR count). The summed E-state index contributed by atoms with van der Waals surface area (Å²) in [5.74, 6) is -0.547. The van der Waals surface area contributed by atoms with Crippen molar-refractivity contribution in [2.45, 2.75) is 6.42 Å².